The van der Waals surface area contributed by atoms with E-state index in [2.05, 4.69) is 4.98 Å². The highest BCUT2D eigenvalue weighted by atomic mass is 16.6. The number of nitrogens with two attached hydrogens (primary N) is 1. The molecule has 2 fully saturated rings. The smallest absolute Gasteiger partial charge is 0.166 e. The molecular weight excluding hydrogens is 232 g/mol. The van der Waals surface area contributed by atoms with E-state index in [1.807, 2.05) is 12.1 Å². The van der Waals surface area contributed by atoms with Gasteiger partial charge in [-0.2, -0.15) is 0 Å². The molecule has 0 radical (unpaired) electrons. The van der Waals surface area contributed by atoms with Gasteiger partial charge in [0.15, 0.2) is 11.6 Å². The SMILES string of the molecule is Nc1ncccc1OC1CCOC2(CCOC2)C1. The highest BCUT2D eigenvalue weighted by molar-refractivity contribution is 5.44. The predicted molar refractivity (Wildman–Crippen MR) is 66.4 cm³/mol. The van der Waals surface area contributed by atoms with E-state index in [-0.39, 0.29) is 11.7 Å². The van der Waals surface area contributed by atoms with Crippen molar-refractivity contribution in [1.29, 1.82) is 0 Å². The van der Waals surface area contributed by atoms with Crippen molar-refractivity contribution >= 4 is 5.82 Å². The van der Waals surface area contributed by atoms with Gasteiger partial charge < -0.3 is 19.9 Å². The summed E-state index contributed by atoms with van der Waals surface area (Å²) in [5.41, 5.74) is 5.65. The van der Waals surface area contributed by atoms with E-state index in [1.165, 1.54) is 0 Å². The second-order valence-electron chi connectivity index (χ2n) is 4.95. The number of hydrogen-bond donors (Lipinski definition) is 1. The summed E-state index contributed by atoms with van der Waals surface area (Å²) in [4.78, 5) is 4.03. The van der Waals surface area contributed by atoms with Crippen molar-refractivity contribution in [1.82, 2.24) is 4.98 Å². The Morgan fingerprint density at radius 1 is 1.44 bits per heavy atom. The Hall–Kier alpha value is -1.33. The van der Waals surface area contributed by atoms with Crippen LogP contribution in [0.1, 0.15) is 19.3 Å². The van der Waals surface area contributed by atoms with Gasteiger partial charge in [-0.3, -0.25) is 0 Å². The van der Waals surface area contributed by atoms with Crippen LogP contribution < -0.4 is 10.5 Å². The zero-order valence-corrected chi connectivity index (χ0v) is 10.3. The average Bonchev–Trinajstić information content (AvgIpc) is 2.80. The molecule has 0 aliphatic carbocycles. The van der Waals surface area contributed by atoms with Crippen LogP contribution in [-0.4, -0.2) is 36.5 Å². The highest BCUT2D eigenvalue weighted by Crippen LogP contribution is 2.35. The first-order valence-corrected chi connectivity index (χ1v) is 6.36. The van der Waals surface area contributed by atoms with Crippen molar-refractivity contribution in [2.45, 2.75) is 31.0 Å². The van der Waals surface area contributed by atoms with E-state index in [1.54, 1.807) is 6.20 Å². The third-order valence-electron chi connectivity index (χ3n) is 3.61. The molecule has 1 aromatic heterocycles. The summed E-state index contributed by atoms with van der Waals surface area (Å²) < 4.78 is 17.3. The molecule has 2 unspecified atom stereocenters. The molecular formula is C13H18N2O3. The van der Waals surface area contributed by atoms with Gasteiger partial charge in [-0.05, 0) is 12.1 Å². The molecule has 0 saturated carbocycles. The second-order valence-corrected chi connectivity index (χ2v) is 4.95. The number of nitrogen functional groups attached to an aromatic ring is 1. The molecule has 5 nitrogen and oxygen atoms in total. The van der Waals surface area contributed by atoms with Crippen molar-refractivity contribution < 1.29 is 14.2 Å². The zero-order valence-electron chi connectivity index (χ0n) is 10.3. The summed E-state index contributed by atoms with van der Waals surface area (Å²) in [6.07, 6.45) is 4.50. The maximum Gasteiger partial charge on any atom is 0.166 e. The number of aromatic nitrogens is 1. The molecule has 0 aromatic carbocycles. The van der Waals surface area contributed by atoms with Crippen LogP contribution in [0.2, 0.25) is 0 Å². The minimum atomic E-state index is -0.139. The summed E-state index contributed by atoms with van der Waals surface area (Å²) in [6, 6.07) is 3.69. The Kier molecular flexibility index (Phi) is 3.09. The van der Waals surface area contributed by atoms with Gasteiger partial charge in [0.25, 0.3) is 0 Å². The lowest BCUT2D eigenvalue weighted by molar-refractivity contribution is -0.112. The van der Waals surface area contributed by atoms with Gasteiger partial charge >= 0.3 is 0 Å². The van der Waals surface area contributed by atoms with Gasteiger partial charge in [-0.15, -0.1) is 0 Å². The number of pyridine rings is 1. The van der Waals surface area contributed by atoms with Gasteiger partial charge in [0.2, 0.25) is 0 Å². The van der Waals surface area contributed by atoms with Crippen LogP contribution in [0.4, 0.5) is 5.82 Å². The monoisotopic (exact) mass is 250 g/mol. The molecule has 0 bridgehead atoms. The van der Waals surface area contributed by atoms with Crippen LogP contribution >= 0.6 is 0 Å². The molecule has 2 N–H and O–H groups in total. The third-order valence-corrected chi connectivity index (χ3v) is 3.61. The number of rotatable bonds is 2. The van der Waals surface area contributed by atoms with Crippen LogP contribution in [0.25, 0.3) is 0 Å². The second kappa shape index (κ2) is 4.74. The maximum absolute atomic E-state index is 5.95. The van der Waals surface area contributed by atoms with E-state index in [0.29, 0.717) is 24.8 Å². The summed E-state index contributed by atoms with van der Waals surface area (Å²) in [7, 11) is 0. The molecule has 2 aliphatic rings. The molecule has 2 aliphatic heterocycles. The van der Waals surface area contributed by atoms with Crippen molar-refractivity contribution in [3.63, 3.8) is 0 Å². The molecule has 0 amide bonds. The van der Waals surface area contributed by atoms with E-state index >= 15 is 0 Å². The molecule has 1 aromatic rings. The molecule has 18 heavy (non-hydrogen) atoms. The zero-order chi connectivity index (χ0) is 12.4. The van der Waals surface area contributed by atoms with E-state index in [0.717, 1.165) is 25.9 Å². The van der Waals surface area contributed by atoms with Crippen molar-refractivity contribution in [3.8, 4) is 5.75 Å². The van der Waals surface area contributed by atoms with Crippen LogP contribution in [0, 0.1) is 0 Å². The molecule has 3 heterocycles. The summed E-state index contributed by atoms with van der Waals surface area (Å²) in [5, 5.41) is 0. The minimum Gasteiger partial charge on any atom is -0.486 e. The third kappa shape index (κ3) is 2.28. The number of ether oxygens (including phenoxy) is 3. The predicted octanol–water partition coefficient (Wildman–Crippen LogP) is 1.38. The van der Waals surface area contributed by atoms with Crippen molar-refractivity contribution in [3.05, 3.63) is 18.3 Å². The number of hydrogen-bond acceptors (Lipinski definition) is 5. The molecule has 5 heteroatoms. The van der Waals surface area contributed by atoms with Crippen molar-refractivity contribution in [2.24, 2.45) is 0 Å². The molecule has 98 valence electrons. The molecule has 2 atom stereocenters. The minimum absolute atomic E-state index is 0.131. The largest absolute Gasteiger partial charge is 0.486 e. The van der Waals surface area contributed by atoms with Crippen LogP contribution in [0.3, 0.4) is 0 Å². The topological polar surface area (TPSA) is 66.6 Å². The van der Waals surface area contributed by atoms with Gasteiger partial charge in [0, 0.05) is 32.1 Å². The van der Waals surface area contributed by atoms with Gasteiger partial charge in [0.1, 0.15) is 6.10 Å². The quantitative estimate of drug-likeness (QED) is 0.859. The standard InChI is InChI=1S/C13H18N2O3/c14-12-11(2-1-5-15-12)18-10-3-6-17-13(8-10)4-7-16-9-13/h1-2,5,10H,3-4,6-9H2,(H2,14,15). The first-order chi connectivity index (χ1) is 8.77. The Morgan fingerprint density at radius 3 is 3.17 bits per heavy atom. The molecule has 3 rings (SSSR count). The average molecular weight is 250 g/mol. The first kappa shape index (κ1) is 11.7. The highest BCUT2D eigenvalue weighted by Gasteiger charge is 2.41. The van der Waals surface area contributed by atoms with Crippen LogP contribution in [-0.2, 0) is 9.47 Å². The lowest BCUT2D eigenvalue weighted by atomic mass is 9.91. The Morgan fingerprint density at radius 2 is 2.39 bits per heavy atom. The number of anilines is 1. The lowest BCUT2D eigenvalue weighted by Gasteiger charge is -2.37. The summed E-state index contributed by atoms with van der Waals surface area (Å²) in [6.45, 7) is 2.17. The Labute approximate surface area is 106 Å². The van der Waals surface area contributed by atoms with Gasteiger partial charge in [-0.1, -0.05) is 0 Å². The first-order valence-electron chi connectivity index (χ1n) is 6.36. The van der Waals surface area contributed by atoms with E-state index in [4.69, 9.17) is 19.9 Å². The van der Waals surface area contributed by atoms with E-state index < -0.39 is 0 Å². The summed E-state index contributed by atoms with van der Waals surface area (Å²) in [5.74, 6) is 1.11. The molecule has 1 spiro atoms. The Balaban J connectivity index is 1.68. The van der Waals surface area contributed by atoms with Crippen LogP contribution in [0.5, 0.6) is 5.75 Å². The van der Waals surface area contributed by atoms with Gasteiger partial charge in [-0.25, -0.2) is 4.98 Å². The maximum atomic E-state index is 5.95. The number of nitrogens with zero attached hydrogens (tertiary/aromatic N) is 1. The van der Waals surface area contributed by atoms with Gasteiger partial charge in [0.05, 0.1) is 18.8 Å². The van der Waals surface area contributed by atoms with Crippen molar-refractivity contribution in [2.75, 3.05) is 25.6 Å². The molecule has 2 saturated heterocycles. The van der Waals surface area contributed by atoms with E-state index in [9.17, 15) is 0 Å². The Bertz CT molecular complexity index is 418. The fraction of sp³-hybridized carbons (Fsp3) is 0.615. The fourth-order valence-corrected chi connectivity index (χ4v) is 2.63. The van der Waals surface area contributed by atoms with Crippen LogP contribution in [0.15, 0.2) is 18.3 Å². The normalized spacial score (nSPS) is 31.7. The fourth-order valence-electron chi connectivity index (χ4n) is 2.63. The lowest BCUT2D eigenvalue weighted by Crippen LogP contribution is -2.44. The summed E-state index contributed by atoms with van der Waals surface area (Å²) >= 11 is 0.